The Kier molecular flexibility index (Phi) is 47.2. The molecule has 3 unspecified atom stereocenters. The predicted molar refractivity (Wildman–Crippen MR) is 268 cm³/mol. The van der Waals surface area contributed by atoms with Crippen molar-refractivity contribution >= 4 is 11.9 Å². The fraction of sp³-hybridized carbons (Fsp3) is 0.750. The fourth-order valence-corrected chi connectivity index (χ4v) is 7.76. The van der Waals surface area contributed by atoms with E-state index in [1.54, 1.807) is 0 Å². The number of hydrogen-bond donors (Lipinski definition) is 3. The maximum absolute atomic E-state index is 13.2. The van der Waals surface area contributed by atoms with Gasteiger partial charge in [0, 0.05) is 6.42 Å². The van der Waals surface area contributed by atoms with Crippen molar-refractivity contribution in [2.24, 2.45) is 0 Å². The smallest absolute Gasteiger partial charge is 0.306 e. The second-order valence-corrected chi connectivity index (χ2v) is 17.7. The lowest BCUT2D eigenvalue weighted by Gasteiger charge is -2.24. The van der Waals surface area contributed by atoms with Crippen LogP contribution >= 0.6 is 0 Å². The Morgan fingerprint density at radius 2 is 0.871 bits per heavy atom. The number of carbonyl (C=O) groups excluding carboxylic acids is 2. The normalized spacial score (nSPS) is 13.8. The monoisotopic (exact) mass is 866 g/mol. The average Bonchev–Trinajstić information content (AvgIpc) is 3.26. The van der Waals surface area contributed by atoms with Crippen LogP contribution in [0.25, 0.3) is 0 Å². The first-order valence-corrected chi connectivity index (χ1v) is 26.2. The molecule has 0 heterocycles. The van der Waals surface area contributed by atoms with E-state index in [0.29, 0.717) is 19.3 Å². The van der Waals surface area contributed by atoms with Crippen molar-refractivity contribution in [3.8, 4) is 0 Å². The minimum absolute atomic E-state index is 0.0260. The van der Waals surface area contributed by atoms with Gasteiger partial charge in [-0.25, -0.2) is 0 Å². The number of hydrogen-bond acceptors (Lipinski definition) is 5. The quantitative estimate of drug-likeness (QED) is 0.0322. The summed E-state index contributed by atoms with van der Waals surface area (Å²) >= 11 is 0. The molecular formula is C56H99NO5. The van der Waals surface area contributed by atoms with Crippen LogP contribution < -0.4 is 5.32 Å². The summed E-state index contributed by atoms with van der Waals surface area (Å²) in [5.41, 5.74) is 0. The average molecular weight is 866 g/mol. The van der Waals surface area contributed by atoms with Crippen LogP contribution in [-0.2, 0) is 14.3 Å². The van der Waals surface area contributed by atoms with Crippen LogP contribution in [0.1, 0.15) is 245 Å². The predicted octanol–water partition coefficient (Wildman–Crippen LogP) is 15.8. The van der Waals surface area contributed by atoms with Crippen molar-refractivity contribution in [2.75, 3.05) is 6.61 Å². The van der Waals surface area contributed by atoms with E-state index in [4.69, 9.17) is 4.74 Å². The molecule has 6 nitrogen and oxygen atoms in total. The summed E-state index contributed by atoms with van der Waals surface area (Å²) in [4.78, 5) is 26.1. The van der Waals surface area contributed by atoms with Crippen molar-refractivity contribution in [3.05, 3.63) is 72.9 Å². The molecule has 62 heavy (non-hydrogen) atoms. The molecule has 3 atom stereocenters. The van der Waals surface area contributed by atoms with Crippen LogP contribution in [0.4, 0.5) is 0 Å². The number of carbonyl (C=O) groups is 2. The number of unbranched alkanes of at least 4 members (excludes halogenated alkanes) is 27. The Bertz CT molecular complexity index is 1150. The van der Waals surface area contributed by atoms with Gasteiger partial charge in [-0.15, -0.1) is 0 Å². The number of rotatable bonds is 46. The molecule has 0 fully saturated rings. The van der Waals surface area contributed by atoms with Gasteiger partial charge in [-0.05, 0) is 38.5 Å². The maximum atomic E-state index is 13.2. The van der Waals surface area contributed by atoms with E-state index in [1.807, 2.05) is 60.8 Å². The summed E-state index contributed by atoms with van der Waals surface area (Å²) in [5.74, 6) is -0.546. The number of nitrogens with one attached hydrogen (secondary N) is 1. The second kappa shape index (κ2) is 49.3. The number of allylic oxidation sites excluding steroid dienone is 12. The highest BCUT2D eigenvalue weighted by Crippen LogP contribution is 2.17. The van der Waals surface area contributed by atoms with Gasteiger partial charge in [0.05, 0.1) is 25.2 Å². The third-order valence-corrected chi connectivity index (χ3v) is 11.7. The summed E-state index contributed by atoms with van der Waals surface area (Å²) in [6, 6.07) is -0.726. The highest BCUT2D eigenvalue weighted by Gasteiger charge is 2.24. The molecule has 0 aliphatic heterocycles. The van der Waals surface area contributed by atoms with Crippen LogP contribution in [-0.4, -0.2) is 46.9 Å². The molecule has 0 spiro atoms. The SMILES string of the molecule is CC\C=C/C=C/C=C/C=C\C=C\C=C\CCCC(CC(=O)NC(CO)C(O)CCCCCCCCCCC)OC(=O)CCCCCCCCCCCCCCCCCCCCC. The van der Waals surface area contributed by atoms with E-state index in [9.17, 15) is 19.8 Å². The molecule has 0 saturated carbocycles. The van der Waals surface area contributed by atoms with E-state index in [1.165, 1.54) is 141 Å². The summed E-state index contributed by atoms with van der Waals surface area (Å²) in [5, 5.41) is 23.6. The Morgan fingerprint density at radius 3 is 1.29 bits per heavy atom. The van der Waals surface area contributed by atoms with Crippen LogP contribution in [0, 0.1) is 0 Å². The van der Waals surface area contributed by atoms with Crippen LogP contribution in [0.3, 0.4) is 0 Å². The molecule has 3 N–H and O–H groups in total. The molecular weight excluding hydrogens is 767 g/mol. The van der Waals surface area contributed by atoms with E-state index < -0.39 is 18.2 Å². The van der Waals surface area contributed by atoms with Gasteiger partial charge in [-0.3, -0.25) is 9.59 Å². The standard InChI is InChI=1S/C56H99NO5/c1-4-7-10-13-16-19-21-23-25-26-27-28-30-32-34-37-40-43-46-49-56(61)62-52(47-44-41-38-36-33-31-29-24-22-20-17-14-11-8-5-2)50-55(60)57-53(51-58)54(59)48-45-42-39-35-18-15-12-9-6-3/h8,11,14,17,20,22,24,29,31,33,36,38,52-54,58-59H,4-7,9-10,12-13,15-16,18-19,21,23,25-28,30,32,34-35,37,39-51H2,1-3H3,(H,57,60)/b11-8-,17-14+,22-20+,29-24-,33-31+,38-36+. The van der Waals surface area contributed by atoms with Crippen molar-refractivity contribution < 1.29 is 24.5 Å². The summed E-state index contributed by atoms with van der Waals surface area (Å²) in [6.45, 7) is 6.30. The fourth-order valence-electron chi connectivity index (χ4n) is 7.76. The van der Waals surface area contributed by atoms with Crippen molar-refractivity contribution in [2.45, 2.75) is 264 Å². The van der Waals surface area contributed by atoms with E-state index in [2.05, 4.69) is 38.2 Å². The number of ether oxygens (including phenoxy) is 1. The van der Waals surface area contributed by atoms with Crippen molar-refractivity contribution in [1.29, 1.82) is 0 Å². The maximum Gasteiger partial charge on any atom is 0.306 e. The molecule has 0 radical (unpaired) electrons. The largest absolute Gasteiger partial charge is 0.462 e. The summed E-state index contributed by atoms with van der Waals surface area (Å²) in [6.07, 6.45) is 62.6. The minimum atomic E-state index is -0.808. The third kappa shape index (κ3) is 43.9. The lowest BCUT2D eigenvalue weighted by atomic mass is 10.0. The van der Waals surface area contributed by atoms with Crippen LogP contribution in [0.2, 0.25) is 0 Å². The zero-order valence-electron chi connectivity index (χ0n) is 40.7. The molecule has 0 saturated heterocycles. The van der Waals surface area contributed by atoms with Crippen molar-refractivity contribution in [1.82, 2.24) is 5.32 Å². The van der Waals surface area contributed by atoms with Gasteiger partial charge in [0.1, 0.15) is 6.10 Å². The van der Waals surface area contributed by atoms with Crippen LogP contribution in [0.15, 0.2) is 72.9 Å². The van der Waals surface area contributed by atoms with Gasteiger partial charge in [0.15, 0.2) is 0 Å². The Hall–Kier alpha value is -2.70. The van der Waals surface area contributed by atoms with Gasteiger partial charge in [-0.2, -0.15) is 0 Å². The molecule has 0 aromatic rings. The Balaban J connectivity index is 4.63. The van der Waals surface area contributed by atoms with Gasteiger partial charge in [0.25, 0.3) is 0 Å². The Morgan fingerprint density at radius 1 is 0.484 bits per heavy atom. The lowest BCUT2D eigenvalue weighted by Crippen LogP contribution is -2.46. The van der Waals surface area contributed by atoms with Gasteiger partial charge < -0.3 is 20.3 Å². The number of amides is 1. The molecule has 1 amide bonds. The molecule has 0 aromatic heterocycles. The molecule has 0 aliphatic rings. The molecule has 6 heteroatoms. The Labute approximate surface area is 383 Å². The topological polar surface area (TPSA) is 95.9 Å². The first-order valence-electron chi connectivity index (χ1n) is 26.2. The number of aliphatic hydroxyl groups excluding tert-OH is 2. The van der Waals surface area contributed by atoms with Gasteiger partial charge in [0.2, 0.25) is 5.91 Å². The van der Waals surface area contributed by atoms with Crippen molar-refractivity contribution in [3.63, 3.8) is 0 Å². The minimum Gasteiger partial charge on any atom is -0.462 e. The highest BCUT2D eigenvalue weighted by atomic mass is 16.5. The van der Waals surface area contributed by atoms with Gasteiger partial charge in [-0.1, -0.05) is 267 Å². The second-order valence-electron chi connectivity index (χ2n) is 17.7. The van der Waals surface area contributed by atoms with E-state index >= 15 is 0 Å². The molecule has 0 aromatic carbocycles. The number of esters is 1. The summed E-state index contributed by atoms with van der Waals surface area (Å²) in [7, 11) is 0. The first-order chi connectivity index (χ1) is 30.5. The molecule has 0 aliphatic carbocycles. The molecule has 358 valence electrons. The number of aliphatic hydroxyl groups is 2. The van der Waals surface area contributed by atoms with E-state index in [0.717, 1.165) is 57.8 Å². The first kappa shape index (κ1) is 59.3. The molecule has 0 rings (SSSR count). The highest BCUT2D eigenvalue weighted by molar-refractivity contribution is 5.77. The van der Waals surface area contributed by atoms with Crippen LogP contribution in [0.5, 0.6) is 0 Å². The zero-order chi connectivity index (χ0) is 45.2. The van der Waals surface area contributed by atoms with Gasteiger partial charge >= 0.3 is 5.97 Å². The lowest BCUT2D eigenvalue weighted by molar-refractivity contribution is -0.151. The van der Waals surface area contributed by atoms with E-state index in [-0.39, 0.29) is 24.9 Å². The molecule has 0 bridgehead atoms. The third-order valence-electron chi connectivity index (χ3n) is 11.7. The zero-order valence-corrected chi connectivity index (χ0v) is 40.7. The summed E-state index contributed by atoms with van der Waals surface area (Å²) < 4.78 is 5.90.